The first-order valence-electron chi connectivity index (χ1n) is 5.69. The smallest absolute Gasteiger partial charge is 0.308 e. The Kier molecular flexibility index (Phi) is 3.61. The number of benzene rings is 2. The van der Waals surface area contributed by atoms with Crippen LogP contribution < -0.4 is 4.74 Å². The molecule has 0 aliphatic heterocycles. The molecule has 1 N–H and O–H groups in total. The first kappa shape index (κ1) is 12.8. The number of carbonyl (C=O) groups is 2. The molecule has 96 valence electrons. The van der Waals surface area contributed by atoms with Gasteiger partial charge >= 0.3 is 5.97 Å². The van der Waals surface area contributed by atoms with Crippen molar-refractivity contribution in [2.45, 2.75) is 6.92 Å². The van der Waals surface area contributed by atoms with E-state index in [1.807, 2.05) is 0 Å². The topological polar surface area (TPSA) is 63.6 Å². The fourth-order valence-corrected chi connectivity index (χ4v) is 1.71. The predicted molar refractivity (Wildman–Crippen MR) is 69.3 cm³/mol. The number of phenolic OH excluding ortho intramolecular Hbond substituents is 1. The monoisotopic (exact) mass is 256 g/mol. The van der Waals surface area contributed by atoms with Gasteiger partial charge in [0.05, 0.1) is 11.1 Å². The van der Waals surface area contributed by atoms with Crippen molar-refractivity contribution < 1.29 is 19.4 Å². The molecule has 0 spiro atoms. The van der Waals surface area contributed by atoms with Gasteiger partial charge in [-0.05, 0) is 24.3 Å². The first-order chi connectivity index (χ1) is 9.09. The summed E-state index contributed by atoms with van der Waals surface area (Å²) in [5, 5.41) is 9.69. The zero-order valence-corrected chi connectivity index (χ0v) is 10.3. The summed E-state index contributed by atoms with van der Waals surface area (Å²) >= 11 is 0. The van der Waals surface area contributed by atoms with Crippen LogP contribution in [0.2, 0.25) is 0 Å². The molecule has 0 saturated carbocycles. The number of ether oxygens (including phenoxy) is 1. The number of rotatable bonds is 3. The van der Waals surface area contributed by atoms with E-state index in [4.69, 9.17) is 4.74 Å². The highest BCUT2D eigenvalue weighted by Gasteiger charge is 2.17. The number of esters is 1. The fraction of sp³-hybridized carbons (Fsp3) is 0.0667. The molecule has 2 aromatic rings. The van der Waals surface area contributed by atoms with E-state index >= 15 is 0 Å². The molecular formula is C15H12O4. The molecule has 19 heavy (non-hydrogen) atoms. The predicted octanol–water partition coefficient (Wildman–Crippen LogP) is 2.55. The number of carbonyl (C=O) groups excluding carboxylic acids is 2. The second-order valence-electron chi connectivity index (χ2n) is 3.94. The number of phenols is 1. The number of hydrogen-bond acceptors (Lipinski definition) is 4. The van der Waals surface area contributed by atoms with E-state index in [-0.39, 0.29) is 22.6 Å². The summed E-state index contributed by atoms with van der Waals surface area (Å²) in [5.41, 5.74) is 0.404. The fourth-order valence-electron chi connectivity index (χ4n) is 1.71. The lowest BCUT2D eigenvalue weighted by Crippen LogP contribution is -2.08. The van der Waals surface area contributed by atoms with Crippen LogP contribution in [0.5, 0.6) is 11.5 Å². The van der Waals surface area contributed by atoms with Gasteiger partial charge in [0.15, 0.2) is 5.78 Å². The maximum atomic E-state index is 12.3. The number of para-hydroxylation sites is 2. The summed E-state index contributed by atoms with van der Waals surface area (Å²) in [7, 11) is 0. The summed E-state index contributed by atoms with van der Waals surface area (Å²) in [6.07, 6.45) is 0. The largest absolute Gasteiger partial charge is 0.507 e. The Morgan fingerprint density at radius 2 is 1.53 bits per heavy atom. The lowest BCUT2D eigenvalue weighted by Gasteiger charge is -2.08. The van der Waals surface area contributed by atoms with Gasteiger partial charge in [-0.25, -0.2) is 0 Å². The Hall–Kier alpha value is -2.62. The zero-order chi connectivity index (χ0) is 13.8. The normalized spacial score (nSPS) is 9.95. The Morgan fingerprint density at radius 3 is 2.16 bits per heavy atom. The molecular weight excluding hydrogens is 244 g/mol. The average Bonchev–Trinajstić information content (AvgIpc) is 2.38. The van der Waals surface area contributed by atoms with Crippen LogP contribution in [0, 0.1) is 0 Å². The summed E-state index contributed by atoms with van der Waals surface area (Å²) in [6, 6.07) is 12.6. The Morgan fingerprint density at radius 1 is 0.947 bits per heavy atom. The van der Waals surface area contributed by atoms with Gasteiger partial charge in [0, 0.05) is 6.92 Å². The molecule has 2 aromatic carbocycles. The molecule has 0 aliphatic rings. The number of ketones is 1. The molecule has 0 saturated heterocycles. The van der Waals surface area contributed by atoms with Crippen molar-refractivity contribution in [2.24, 2.45) is 0 Å². The molecule has 0 fully saturated rings. The molecule has 0 bridgehead atoms. The molecule has 0 unspecified atom stereocenters. The van der Waals surface area contributed by atoms with E-state index in [9.17, 15) is 14.7 Å². The van der Waals surface area contributed by atoms with Crippen molar-refractivity contribution in [2.75, 3.05) is 0 Å². The van der Waals surface area contributed by atoms with Crippen molar-refractivity contribution >= 4 is 11.8 Å². The van der Waals surface area contributed by atoms with Gasteiger partial charge in [0.2, 0.25) is 0 Å². The van der Waals surface area contributed by atoms with Gasteiger partial charge in [-0.3, -0.25) is 9.59 Å². The standard InChI is InChI=1S/C15H12O4/c1-10(16)19-14-9-5-3-7-12(14)15(18)11-6-2-4-8-13(11)17/h2-9,17H,1H3. The molecule has 0 aliphatic carbocycles. The van der Waals surface area contributed by atoms with E-state index in [0.29, 0.717) is 0 Å². The van der Waals surface area contributed by atoms with Crippen LogP contribution in [0.3, 0.4) is 0 Å². The van der Waals surface area contributed by atoms with Gasteiger partial charge in [-0.2, -0.15) is 0 Å². The molecule has 0 atom stereocenters. The maximum Gasteiger partial charge on any atom is 0.308 e. The minimum absolute atomic E-state index is 0.106. The van der Waals surface area contributed by atoms with Crippen molar-refractivity contribution in [3.05, 3.63) is 59.7 Å². The van der Waals surface area contributed by atoms with Crippen LogP contribution in [0.25, 0.3) is 0 Å². The highest BCUT2D eigenvalue weighted by molar-refractivity contribution is 6.12. The third-order valence-corrected chi connectivity index (χ3v) is 2.53. The van der Waals surface area contributed by atoms with Gasteiger partial charge < -0.3 is 9.84 Å². The van der Waals surface area contributed by atoms with Crippen LogP contribution in [0.4, 0.5) is 0 Å². The molecule has 0 radical (unpaired) electrons. The minimum Gasteiger partial charge on any atom is -0.507 e. The van der Waals surface area contributed by atoms with Gasteiger partial charge in [0.1, 0.15) is 11.5 Å². The molecule has 4 heteroatoms. The summed E-state index contributed by atoms with van der Waals surface area (Å²) < 4.78 is 4.99. The highest BCUT2D eigenvalue weighted by atomic mass is 16.5. The zero-order valence-electron chi connectivity index (χ0n) is 10.3. The quantitative estimate of drug-likeness (QED) is 0.520. The average molecular weight is 256 g/mol. The highest BCUT2D eigenvalue weighted by Crippen LogP contribution is 2.25. The van der Waals surface area contributed by atoms with E-state index in [1.165, 1.54) is 25.1 Å². The second kappa shape index (κ2) is 5.35. The van der Waals surface area contributed by atoms with Crippen LogP contribution in [-0.4, -0.2) is 16.9 Å². The van der Waals surface area contributed by atoms with E-state index in [1.54, 1.807) is 30.3 Å². The molecule has 0 amide bonds. The van der Waals surface area contributed by atoms with E-state index in [2.05, 4.69) is 0 Å². The first-order valence-corrected chi connectivity index (χ1v) is 5.69. The summed E-state index contributed by atoms with van der Waals surface area (Å²) in [6.45, 7) is 1.27. The number of aromatic hydroxyl groups is 1. The SMILES string of the molecule is CC(=O)Oc1ccccc1C(=O)c1ccccc1O. The second-order valence-corrected chi connectivity index (χ2v) is 3.94. The summed E-state index contributed by atoms with van der Waals surface area (Å²) in [5.74, 6) is -0.819. The maximum absolute atomic E-state index is 12.3. The Bertz CT molecular complexity index is 632. The van der Waals surface area contributed by atoms with Gasteiger partial charge in [0.25, 0.3) is 0 Å². The van der Waals surface area contributed by atoms with Crippen molar-refractivity contribution in [1.29, 1.82) is 0 Å². The minimum atomic E-state index is -0.502. The van der Waals surface area contributed by atoms with E-state index < -0.39 is 11.8 Å². The van der Waals surface area contributed by atoms with Crippen LogP contribution >= 0.6 is 0 Å². The lowest BCUT2D eigenvalue weighted by atomic mass is 10.0. The molecule has 0 heterocycles. The summed E-state index contributed by atoms with van der Waals surface area (Å²) in [4.78, 5) is 23.3. The van der Waals surface area contributed by atoms with E-state index in [0.717, 1.165) is 0 Å². The van der Waals surface area contributed by atoms with Gasteiger partial charge in [-0.15, -0.1) is 0 Å². The van der Waals surface area contributed by atoms with Crippen LogP contribution in [0.1, 0.15) is 22.8 Å². The van der Waals surface area contributed by atoms with Crippen LogP contribution in [0.15, 0.2) is 48.5 Å². The van der Waals surface area contributed by atoms with Gasteiger partial charge in [-0.1, -0.05) is 24.3 Å². The third-order valence-electron chi connectivity index (χ3n) is 2.53. The Labute approximate surface area is 110 Å². The van der Waals surface area contributed by atoms with Crippen molar-refractivity contribution in [1.82, 2.24) is 0 Å². The lowest BCUT2D eigenvalue weighted by molar-refractivity contribution is -0.131. The Balaban J connectivity index is 2.45. The van der Waals surface area contributed by atoms with Crippen molar-refractivity contribution in [3.63, 3.8) is 0 Å². The number of hydrogen-bond donors (Lipinski definition) is 1. The third kappa shape index (κ3) is 2.80. The van der Waals surface area contributed by atoms with Crippen LogP contribution in [-0.2, 0) is 4.79 Å². The molecule has 0 aromatic heterocycles. The van der Waals surface area contributed by atoms with Crippen molar-refractivity contribution in [3.8, 4) is 11.5 Å². The molecule has 2 rings (SSSR count). The molecule has 4 nitrogen and oxygen atoms in total.